The Labute approximate surface area is 154 Å². The maximum atomic E-state index is 13.1. The van der Waals surface area contributed by atoms with Gasteiger partial charge in [0.05, 0.1) is 5.69 Å². The molecule has 0 radical (unpaired) electrons. The van der Waals surface area contributed by atoms with Crippen LogP contribution < -0.4 is 4.90 Å². The van der Waals surface area contributed by atoms with Crippen molar-refractivity contribution in [1.82, 2.24) is 9.97 Å². The summed E-state index contributed by atoms with van der Waals surface area (Å²) in [5, 5.41) is 3.18. The van der Waals surface area contributed by atoms with Gasteiger partial charge in [0.1, 0.15) is 10.7 Å². The fourth-order valence-corrected chi connectivity index (χ4v) is 4.75. The lowest BCUT2D eigenvalue weighted by Crippen LogP contribution is -2.32. The molecule has 4 nitrogen and oxygen atoms in total. The van der Waals surface area contributed by atoms with Crippen molar-refractivity contribution in [2.75, 3.05) is 11.4 Å². The Balaban J connectivity index is 1.66. The van der Waals surface area contributed by atoms with Gasteiger partial charge >= 0.3 is 0 Å². The van der Waals surface area contributed by atoms with Crippen LogP contribution in [0.4, 0.5) is 5.69 Å². The molecule has 0 aliphatic carbocycles. The minimum atomic E-state index is -0.0290. The highest BCUT2D eigenvalue weighted by molar-refractivity contribution is 8.00. The van der Waals surface area contributed by atoms with Crippen LogP contribution >= 0.6 is 23.1 Å². The molecule has 1 aliphatic heterocycles. The van der Waals surface area contributed by atoms with E-state index in [1.54, 1.807) is 12.4 Å². The van der Waals surface area contributed by atoms with Crippen LogP contribution in [0.1, 0.15) is 23.8 Å². The fraction of sp³-hybridized carbons (Fsp3) is 0.211. The number of thiazole rings is 1. The minimum absolute atomic E-state index is 0.0290. The maximum absolute atomic E-state index is 13.1. The lowest BCUT2D eigenvalue weighted by molar-refractivity contribution is 0.0982. The number of para-hydroxylation sites is 1. The predicted octanol–water partition coefficient (Wildman–Crippen LogP) is 4.74. The van der Waals surface area contributed by atoms with E-state index in [0.29, 0.717) is 17.5 Å². The summed E-state index contributed by atoms with van der Waals surface area (Å²) in [5.41, 5.74) is 2.48. The zero-order valence-electron chi connectivity index (χ0n) is 13.8. The van der Waals surface area contributed by atoms with Crippen LogP contribution in [0.2, 0.25) is 0 Å². The number of nitrogens with zero attached hydrogens (tertiary/aromatic N) is 3. The van der Waals surface area contributed by atoms with Crippen molar-refractivity contribution in [3.8, 4) is 10.6 Å². The number of pyridine rings is 1. The van der Waals surface area contributed by atoms with Crippen molar-refractivity contribution in [3.05, 3.63) is 59.9 Å². The molecule has 3 heterocycles. The Bertz CT molecular complexity index is 894. The topological polar surface area (TPSA) is 46.1 Å². The molecule has 1 amide bonds. The van der Waals surface area contributed by atoms with Gasteiger partial charge in [0.25, 0.3) is 5.91 Å². The smallest absolute Gasteiger partial charge is 0.277 e. The summed E-state index contributed by atoms with van der Waals surface area (Å²) in [6.45, 7) is 2.92. The number of carbonyl (C=O) groups is 1. The first kappa shape index (κ1) is 16.3. The molecule has 1 aromatic carbocycles. The van der Waals surface area contributed by atoms with E-state index >= 15 is 0 Å². The number of amides is 1. The summed E-state index contributed by atoms with van der Waals surface area (Å²) in [6, 6.07) is 11.9. The number of benzene rings is 1. The summed E-state index contributed by atoms with van der Waals surface area (Å²) >= 11 is 3.32. The van der Waals surface area contributed by atoms with Crippen LogP contribution in [0.5, 0.6) is 0 Å². The van der Waals surface area contributed by atoms with Crippen LogP contribution in [0, 0.1) is 0 Å². The molecule has 0 N–H and O–H groups in total. The number of thioether (sulfide) groups is 1. The maximum Gasteiger partial charge on any atom is 0.277 e. The quantitative estimate of drug-likeness (QED) is 0.656. The fourth-order valence-electron chi connectivity index (χ4n) is 2.84. The van der Waals surface area contributed by atoms with Crippen molar-refractivity contribution in [2.24, 2.45) is 0 Å². The Kier molecular flexibility index (Phi) is 4.55. The number of fused-ring (bicyclic) bond motifs is 1. The largest absolute Gasteiger partial charge is 0.306 e. The van der Waals surface area contributed by atoms with Crippen molar-refractivity contribution in [3.63, 3.8) is 0 Å². The van der Waals surface area contributed by atoms with Crippen LogP contribution in [-0.4, -0.2) is 27.7 Å². The third-order valence-electron chi connectivity index (χ3n) is 4.14. The van der Waals surface area contributed by atoms with Crippen molar-refractivity contribution >= 4 is 34.7 Å². The van der Waals surface area contributed by atoms with Gasteiger partial charge in [-0.1, -0.05) is 19.1 Å². The Morgan fingerprint density at radius 1 is 1.20 bits per heavy atom. The van der Waals surface area contributed by atoms with E-state index in [1.807, 2.05) is 52.4 Å². The second-order valence-electron chi connectivity index (χ2n) is 5.92. The number of rotatable bonds is 2. The molecule has 2 aromatic heterocycles. The first-order chi connectivity index (χ1) is 12.2. The summed E-state index contributed by atoms with van der Waals surface area (Å²) < 4.78 is 0. The average molecular weight is 367 g/mol. The van der Waals surface area contributed by atoms with Gasteiger partial charge in [0.15, 0.2) is 0 Å². The van der Waals surface area contributed by atoms with Crippen molar-refractivity contribution in [1.29, 1.82) is 0 Å². The van der Waals surface area contributed by atoms with Crippen LogP contribution in [0.15, 0.2) is 59.1 Å². The van der Waals surface area contributed by atoms with E-state index in [-0.39, 0.29) is 5.91 Å². The highest BCUT2D eigenvalue weighted by atomic mass is 32.2. The molecule has 1 aliphatic rings. The highest BCUT2D eigenvalue weighted by Crippen LogP contribution is 2.38. The lowest BCUT2D eigenvalue weighted by Gasteiger charge is -2.21. The van der Waals surface area contributed by atoms with Gasteiger partial charge in [0.2, 0.25) is 0 Å². The number of anilines is 1. The summed E-state index contributed by atoms with van der Waals surface area (Å²) in [4.78, 5) is 24.7. The molecule has 1 atom stereocenters. The van der Waals surface area contributed by atoms with Gasteiger partial charge in [0, 0.05) is 40.0 Å². The molecule has 126 valence electrons. The zero-order valence-corrected chi connectivity index (χ0v) is 15.4. The zero-order chi connectivity index (χ0) is 17.2. The Morgan fingerprint density at radius 2 is 2.00 bits per heavy atom. The summed E-state index contributed by atoms with van der Waals surface area (Å²) in [5.74, 6) is -0.0290. The minimum Gasteiger partial charge on any atom is -0.306 e. The molecule has 4 rings (SSSR count). The summed E-state index contributed by atoms with van der Waals surface area (Å²) in [6.07, 6.45) is 4.44. The number of aromatic nitrogens is 2. The van der Waals surface area contributed by atoms with Gasteiger partial charge in [-0.15, -0.1) is 23.1 Å². The molecule has 0 spiro atoms. The first-order valence-corrected chi connectivity index (χ1v) is 9.92. The number of hydrogen-bond acceptors (Lipinski definition) is 5. The van der Waals surface area contributed by atoms with Crippen LogP contribution in [0.3, 0.4) is 0 Å². The molecule has 0 saturated carbocycles. The third-order valence-corrected chi connectivity index (χ3v) is 6.27. The van der Waals surface area contributed by atoms with Gasteiger partial charge in [-0.25, -0.2) is 4.98 Å². The van der Waals surface area contributed by atoms with Gasteiger partial charge in [-0.3, -0.25) is 9.78 Å². The molecule has 0 unspecified atom stereocenters. The van der Waals surface area contributed by atoms with Gasteiger partial charge in [-0.05, 0) is 30.7 Å². The first-order valence-electron chi connectivity index (χ1n) is 8.16. The second kappa shape index (κ2) is 6.98. The molecule has 0 bridgehead atoms. The Morgan fingerprint density at radius 3 is 2.84 bits per heavy atom. The van der Waals surface area contributed by atoms with E-state index in [4.69, 9.17) is 0 Å². The van der Waals surface area contributed by atoms with Crippen molar-refractivity contribution < 1.29 is 4.79 Å². The third kappa shape index (κ3) is 3.32. The van der Waals surface area contributed by atoms with Crippen LogP contribution in [-0.2, 0) is 0 Å². The van der Waals surface area contributed by atoms with Crippen molar-refractivity contribution in [2.45, 2.75) is 23.5 Å². The average Bonchev–Trinajstić information content (AvgIpc) is 3.07. The Hall–Kier alpha value is -2.18. The monoisotopic (exact) mass is 367 g/mol. The van der Waals surface area contributed by atoms with E-state index in [1.165, 1.54) is 11.3 Å². The molecule has 0 fully saturated rings. The van der Waals surface area contributed by atoms with Crippen LogP contribution in [0.25, 0.3) is 10.6 Å². The highest BCUT2D eigenvalue weighted by Gasteiger charge is 2.26. The second-order valence-corrected chi connectivity index (χ2v) is 8.25. The molecular formula is C19H17N3OS2. The van der Waals surface area contributed by atoms with Gasteiger partial charge in [-0.2, -0.15) is 0 Å². The lowest BCUT2D eigenvalue weighted by atomic mass is 10.2. The molecule has 3 aromatic rings. The number of carbonyl (C=O) groups excluding carboxylic acids is 1. The molecule has 25 heavy (non-hydrogen) atoms. The molecule has 0 saturated heterocycles. The standard InChI is InChI=1S/C19H17N3OS2/c1-13-8-11-22(16-4-2-3-5-17(16)25-13)19(23)15-12-24-18(21-15)14-6-9-20-10-7-14/h2-7,9-10,12-13H,8,11H2,1H3/t13-/m0/s1. The predicted molar refractivity (Wildman–Crippen MR) is 103 cm³/mol. The van der Waals surface area contributed by atoms with Gasteiger partial charge < -0.3 is 4.90 Å². The van der Waals surface area contributed by atoms with E-state index in [9.17, 15) is 4.79 Å². The molecular weight excluding hydrogens is 350 g/mol. The molecule has 6 heteroatoms. The number of hydrogen-bond donors (Lipinski definition) is 0. The summed E-state index contributed by atoms with van der Waals surface area (Å²) in [7, 11) is 0. The SMILES string of the molecule is C[C@H]1CCN(C(=O)c2csc(-c3ccncc3)n2)c2ccccc2S1. The van der Waals surface area contributed by atoms with E-state index < -0.39 is 0 Å². The normalized spacial score (nSPS) is 17.0. The van der Waals surface area contributed by atoms with E-state index in [2.05, 4.69) is 23.0 Å². The van der Waals surface area contributed by atoms with E-state index in [0.717, 1.165) is 27.6 Å².